The summed E-state index contributed by atoms with van der Waals surface area (Å²) in [6.45, 7) is 4.83. The molecule has 0 aliphatic rings. The lowest BCUT2D eigenvalue weighted by molar-refractivity contribution is 0.753. The maximum atomic E-state index is 4.61. The van der Waals surface area contributed by atoms with Crippen LogP contribution >= 0.6 is 0 Å². The Hall–Kier alpha value is -3.02. The van der Waals surface area contributed by atoms with Gasteiger partial charge in [-0.05, 0) is 37.6 Å². The minimum atomic E-state index is 0.294. The number of pyridine rings is 2. The molecule has 6 heteroatoms. The summed E-state index contributed by atoms with van der Waals surface area (Å²) in [5.74, 6) is 1.34. The second-order valence-electron chi connectivity index (χ2n) is 5.81. The molecule has 0 aliphatic heterocycles. The standard InChI is InChI=1S/C19H22N6/c1-3-14(2)23-19-24-17(16-9-5-7-11-21-16)12-18(25-19)22-13-15-8-4-6-10-20-15/h4-12,14H,3,13H2,1-2H3,(H2,22,23,24,25)/t14-/m0/s1. The maximum Gasteiger partial charge on any atom is 0.225 e. The van der Waals surface area contributed by atoms with E-state index in [1.54, 1.807) is 12.4 Å². The molecule has 0 aliphatic carbocycles. The first-order chi connectivity index (χ1) is 12.2. The fourth-order valence-corrected chi connectivity index (χ4v) is 2.25. The quantitative estimate of drug-likeness (QED) is 0.685. The molecule has 0 radical (unpaired) electrons. The molecule has 0 bridgehead atoms. The Labute approximate surface area is 147 Å². The minimum absolute atomic E-state index is 0.294. The summed E-state index contributed by atoms with van der Waals surface area (Å²) < 4.78 is 0. The van der Waals surface area contributed by atoms with Gasteiger partial charge >= 0.3 is 0 Å². The summed E-state index contributed by atoms with van der Waals surface area (Å²) in [6.07, 6.45) is 4.54. The first kappa shape index (κ1) is 16.8. The van der Waals surface area contributed by atoms with Gasteiger partial charge in [-0.3, -0.25) is 9.97 Å². The van der Waals surface area contributed by atoms with E-state index in [4.69, 9.17) is 0 Å². The van der Waals surface area contributed by atoms with Gasteiger partial charge in [0.25, 0.3) is 0 Å². The monoisotopic (exact) mass is 334 g/mol. The van der Waals surface area contributed by atoms with Crippen molar-refractivity contribution in [1.29, 1.82) is 0 Å². The lowest BCUT2D eigenvalue weighted by atomic mass is 10.2. The van der Waals surface area contributed by atoms with E-state index < -0.39 is 0 Å². The minimum Gasteiger partial charge on any atom is -0.364 e. The average Bonchev–Trinajstić information content (AvgIpc) is 2.67. The molecule has 2 N–H and O–H groups in total. The van der Waals surface area contributed by atoms with Gasteiger partial charge in [-0.15, -0.1) is 0 Å². The molecule has 6 nitrogen and oxygen atoms in total. The van der Waals surface area contributed by atoms with Gasteiger partial charge in [-0.2, -0.15) is 4.98 Å². The molecule has 3 rings (SSSR count). The van der Waals surface area contributed by atoms with Gasteiger partial charge < -0.3 is 10.6 Å². The molecule has 0 saturated carbocycles. The molecule has 3 heterocycles. The van der Waals surface area contributed by atoms with Crippen molar-refractivity contribution >= 4 is 11.8 Å². The van der Waals surface area contributed by atoms with Crippen LogP contribution in [0.1, 0.15) is 26.0 Å². The second-order valence-corrected chi connectivity index (χ2v) is 5.81. The Kier molecular flexibility index (Phi) is 5.51. The van der Waals surface area contributed by atoms with Crippen LogP contribution in [0.4, 0.5) is 11.8 Å². The van der Waals surface area contributed by atoms with Crippen molar-refractivity contribution in [1.82, 2.24) is 19.9 Å². The molecule has 0 unspecified atom stereocenters. The van der Waals surface area contributed by atoms with Crippen LogP contribution in [-0.4, -0.2) is 26.0 Å². The van der Waals surface area contributed by atoms with Gasteiger partial charge in [-0.25, -0.2) is 4.98 Å². The fourth-order valence-electron chi connectivity index (χ4n) is 2.25. The average molecular weight is 334 g/mol. The zero-order chi connectivity index (χ0) is 17.5. The third-order valence-electron chi connectivity index (χ3n) is 3.82. The van der Waals surface area contributed by atoms with E-state index in [9.17, 15) is 0 Å². The van der Waals surface area contributed by atoms with Crippen molar-refractivity contribution in [2.45, 2.75) is 32.9 Å². The Bertz CT molecular complexity index is 792. The molecule has 0 spiro atoms. The highest BCUT2D eigenvalue weighted by Gasteiger charge is 2.09. The van der Waals surface area contributed by atoms with Crippen LogP contribution in [-0.2, 0) is 6.54 Å². The largest absolute Gasteiger partial charge is 0.364 e. The fraction of sp³-hybridized carbons (Fsp3) is 0.263. The number of rotatable bonds is 7. The number of nitrogens with one attached hydrogen (secondary N) is 2. The highest BCUT2D eigenvalue weighted by molar-refractivity contribution is 5.61. The molecule has 128 valence electrons. The Morgan fingerprint density at radius 3 is 2.44 bits per heavy atom. The number of hydrogen-bond acceptors (Lipinski definition) is 6. The number of hydrogen-bond donors (Lipinski definition) is 2. The lowest BCUT2D eigenvalue weighted by Crippen LogP contribution is -2.16. The Morgan fingerprint density at radius 2 is 1.76 bits per heavy atom. The third-order valence-corrected chi connectivity index (χ3v) is 3.82. The zero-order valence-electron chi connectivity index (χ0n) is 14.5. The summed E-state index contributed by atoms with van der Waals surface area (Å²) in [5.41, 5.74) is 2.56. The van der Waals surface area contributed by atoms with Crippen molar-refractivity contribution in [3.05, 3.63) is 60.6 Å². The SMILES string of the molecule is CC[C@H](C)Nc1nc(NCc2ccccn2)cc(-c2ccccn2)n1. The van der Waals surface area contributed by atoms with E-state index >= 15 is 0 Å². The summed E-state index contributed by atoms with van der Waals surface area (Å²) in [4.78, 5) is 17.9. The third kappa shape index (κ3) is 4.73. The van der Waals surface area contributed by atoms with E-state index in [-0.39, 0.29) is 0 Å². The predicted molar refractivity (Wildman–Crippen MR) is 100 cm³/mol. The zero-order valence-corrected chi connectivity index (χ0v) is 14.5. The highest BCUT2D eigenvalue weighted by atomic mass is 15.2. The van der Waals surface area contributed by atoms with Crippen molar-refractivity contribution in [3.8, 4) is 11.4 Å². The first-order valence-electron chi connectivity index (χ1n) is 8.45. The molecule has 0 saturated heterocycles. The van der Waals surface area contributed by atoms with Gasteiger partial charge in [0.05, 0.1) is 23.6 Å². The highest BCUT2D eigenvalue weighted by Crippen LogP contribution is 2.20. The second kappa shape index (κ2) is 8.19. The van der Waals surface area contributed by atoms with E-state index in [0.717, 1.165) is 29.3 Å². The van der Waals surface area contributed by atoms with Crippen LogP contribution in [0, 0.1) is 0 Å². The normalized spacial score (nSPS) is 11.8. The summed E-state index contributed by atoms with van der Waals surface area (Å²) >= 11 is 0. The first-order valence-corrected chi connectivity index (χ1v) is 8.45. The molecule has 3 aromatic heterocycles. The molecular formula is C19H22N6. The molecule has 0 amide bonds. The molecule has 3 aromatic rings. The van der Waals surface area contributed by atoms with Crippen LogP contribution in [0.2, 0.25) is 0 Å². The van der Waals surface area contributed by atoms with Gasteiger partial charge in [0.15, 0.2) is 0 Å². The molecule has 0 aromatic carbocycles. The van der Waals surface area contributed by atoms with Crippen molar-refractivity contribution < 1.29 is 0 Å². The Morgan fingerprint density at radius 1 is 0.960 bits per heavy atom. The van der Waals surface area contributed by atoms with Crippen LogP contribution in [0.3, 0.4) is 0 Å². The lowest BCUT2D eigenvalue weighted by Gasteiger charge is -2.14. The van der Waals surface area contributed by atoms with Crippen molar-refractivity contribution in [2.24, 2.45) is 0 Å². The van der Waals surface area contributed by atoms with Gasteiger partial charge in [0, 0.05) is 24.5 Å². The summed E-state index contributed by atoms with van der Waals surface area (Å²) in [7, 11) is 0. The van der Waals surface area contributed by atoms with Crippen LogP contribution in [0.25, 0.3) is 11.4 Å². The molecule has 25 heavy (non-hydrogen) atoms. The molecule has 1 atom stereocenters. The molecule has 0 fully saturated rings. The van der Waals surface area contributed by atoms with Crippen LogP contribution in [0.5, 0.6) is 0 Å². The van der Waals surface area contributed by atoms with Gasteiger partial charge in [0.1, 0.15) is 5.82 Å². The number of anilines is 2. The van der Waals surface area contributed by atoms with E-state index in [2.05, 4.69) is 44.4 Å². The Balaban J connectivity index is 1.86. The predicted octanol–water partition coefficient (Wildman–Crippen LogP) is 3.76. The smallest absolute Gasteiger partial charge is 0.225 e. The topological polar surface area (TPSA) is 75.6 Å². The van der Waals surface area contributed by atoms with Crippen LogP contribution in [0.15, 0.2) is 54.9 Å². The van der Waals surface area contributed by atoms with E-state index in [1.807, 2.05) is 42.5 Å². The summed E-state index contributed by atoms with van der Waals surface area (Å²) in [6, 6.07) is 13.8. The molecular weight excluding hydrogens is 312 g/mol. The van der Waals surface area contributed by atoms with Gasteiger partial charge in [0.2, 0.25) is 5.95 Å². The summed E-state index contributed by atoms with van der Waals surface area (Å²) in [5, 5.41) is 6.66. The van der Waals surface area contributed by atoms with Crippen molar-refractivity contribution in [2.75, 3.05) is 10.6 Å². The van der Waals surface area contributed by atoms with E-state index in [0.29, 0.717) is 18.5 Å². The maximum absolute atomic E-state index is 4.61. The number of aromatic nitrogens is 4. The van der Waals surface area contributed by atoms with Crippen LogP contribution < -0.4 is 10.6 Å². The van der Waals surface area contributed by atoms with Gasteiger partial charge in [-0.1, -0.05) is 19.1 Å². The number of nitrogens with zero attached hydrogens (tertiary/aromatic N) is 4. The van der Waals surface area contributed by atoms with Crippen molar-refractivity contribution in [3.63, 3.8) is 0 Å². The van der Waals surface area contributed by atoms with E-state index in [1.165, 1.54) is 0 Å².